The first kappa shape index (κ1) is 25.0. The third-order valence-corrected chi connectivity index (χ3v) is 14.1. The van der Waals surface area contributed by atoms with Crippen molar-refractivity contribution in [3.63, 3.8) is 0 Å². The molecule has 0 N–H and O–H groups in total. The molecule has 0 bridgehead atoms. The Hall–Kier alpha value is -2.71. The Bertz CT molecular complexity index is 1380. The molecule has 2 nitrogen and oxygen atoms in total. The average molecular weight is 618 g/mol. The molecule has 0 aliphatic carbocycles. The van der Waals surface area contributed by atoms with Gasteiger partial charge in [0.25, 0.3) is 0 Å². The fourth-order valence-corrected chi connectivity index (χ4v) is 12.1. The summed E-state index contributed by atoms with van der Waals surface area (Å²) in [5.74, 6) is 0. The highest BCUT2D eigenvalue weighted by atomic mass is 127. The Kier molecular flexibility index (Phi) is 7.17. The SMILES string of the molecule is Cc1cc(P(=O)(c2ccccc2)c2ccccc2)c(I)cc1P(=O)(c1ccccc1)c1ccccc1. The molecule has 0 unspecified atom stereocenters. The molecular weight excluding hydrogens is 593 g/mol. The van der Waals surface area contributed by atoms with Crippen LogP contribution < -0.4 is 31.8 Å². The lowest BCUT2D eigenvalue weighted by atomic mass is 10.2. The Balaban J connectivity index is 1.77. The van der Waals surface area contributed by atoms with E-state index in [1.807, 2.05) is 140 Å². The van der Waals surface area contributed by atoms with E-state index in [9.17, 15) is 0 Å². The monoisotopic (exact) mass is 618 g/mol. The predicted molar refractivity (Wildman–Crippen MR) is 163 cm³/mol. The average Bonchev–Trinajstić information content (AvgIpc) is 2.95. The van der Waals surface area contributed by atoms with Gasteiger partial charge in [-0.05, 0) is 47.2 Å². The van der Waals surface area contributed by atoms with Gasteiger partial charge in [0.2, 0.25) is 0 Å². The fourth-order valence-electron chi connectivity index (χ4n) is 4.64. The minimum atomic E-state index is -3.15. The zero-order valence-corrected chi connectivity index (χ0v) is 23.7. The molecule has 0 fully saturated rings. The third-order valence-electron chi connectivity index (χ3n) is 6.42. The van der Waals surface area contributed by atoms with Gasteiger partial charge >= 0.3 is 0 Å². The van der Waals surface area contributed by atoms with Crippen molar-refractivity contribution in [3.8, 4) is 0 Å². The number of rotatable bonds is 6. The summed E-state index contributed by atoms with van der Waals surface area (Å²) in [6.07, 6.45) is 0. The van der Waals surface area contributed by atoms with Gasteiger partial charge in [0.05, 0.1) is 0 Å². The second-order valence-corrected chi connectivity index (χ2v) is 15.3. The van der Waals surface area contributed by atoms with E-state index in [2.05, 4.69) is 22.6 Å². The molecule has 0 radical (unpaired) electrons. The van der Waals surface area contributed by atoms with E-state index in [4.69, 9.17) is 0 Å². The number of aryl methyl sites for hydroxylation is 1. The van der Waals surface area contributed by atoms with Crippen LogP contribution in [0.2, 0.25) is 0 Å². The maximum absolute atomic E-state index is 15.0. The largest absolute Gasteiger partial charge is 0.309 e. The van der Waals surface area contributed by atoms with Crippen molar-refractivity contribution >= 4 is 68.7 Å². The summed E-state index contributed by atoms with van der Waals surface area (Å²) in [6, 6.07) is 42.7. The highest BCUT2D eigenvalue weighted by molar-refractivity contribution is 14.1. The van der Waals surface area contributed by atoms with Crippen LogP contribution in [0.5, 0.6) is 0 Å². The Labute approximate surface area is 226 Å². The van der Waals surface area contributed by atoms with Crippen LogP contribution in [0.25, 0.3) is 0 Å². The van der Waals surface area contributed by atoms with E-state index in [1.54, 1.807) is 0 Å². The molecule has 0 saturated heterocycles. The van der Waals surface area contributed by atoms with Gasteiger partial charge in [-0.3, -0.25) is 0 Å². The van der Waals surface area contributed by atoms with Crippen molar-refractivity contribution in [1.82, 2.24) is 0 Å². The molecule has 0 amide bonds. The first-order chi connectivity index (χ1) is 17.5. The Morgan fingerprint density at radius 1 is 0.472 bits per heavy atom. The van der Waals surface area contributed by atoms with Crippen LogP contribution in [0.1, 0.15) is 5.56 Å². The molecule has 5 rings (SSSR count). The number of benzene rings is 5. The lowest BCUT2D eigenvalue weighted by molar-refractivity contribution is 0.591. The second kappa shape index (κ2) is 10.3. The predicted octanol–water partition coefficient (Wildman–Crippen LogP) is 5.88. The van der Waals surface area contributed by atoms with Crippen LogP contribution >= 0.6 is 36.9 Å². The zero-order chi connectivity index (χ0) is 25.2. The molecule has 5 aromatic carbocycles. The van der Waals surface area contributed by atoms with E-state index >= 15 is 9.13 Å². The summed E-state index contributed by atoms with van der Waals surface area (Å²) in [4.78, 5) is 0. The van der Waals surface area contributed by atoms with E-state index in [1.165, 1.54) is 0 Å². The third kappa shape index (κ3) is 4.34. The Morgan fingerprint density at radius 2 is 0.778 bits per heavy atom. The molecule has 5 heteroatoms. The first-order valence-corrected chi connectivity index (χ1v) is 16.2. The van der Waals surface area contributed by atoms with Crippen molar-refractivity contribution in [1.29, 1.82) is 0 Å². The molecule has 0 aromatic heterocycles. The molecule has 0 atom stereocenters. The molecule has 0 aliphatic rings. The molecule has 0 spiro atoms. The summed E-state index contributed by atoms with van der Waals surface area (Å²) >= 11 is 2.27. The van der Waals surface area contributed by atoms with Crippen molar-refractivity contribution < 1.29 is 9.13 Å². The van der Waals surface area contributed by atoms with Crippen molar-refractivity contribution in [2.45, 2.75) is 6.92 Å². The van der Waals surface area contributed by atoms with Crippen molar-refractivity contribution in [3.05, 3.63) is 143 Å². The van der Waals surface area contributed by atoms with Gasteiger partial charge in [-0.2, -0.15) is 0 Å². The smallest absolute Gasteiger partial charge is 0.172 e. The summed E-state index contributed by atoms with van der Waals surface area (Å²) in [6.45, 7) is 1.98. The number of hydrogen-bond acceptors (Lipinski definition) is 2. The first-order valence-electron chi connectivity index (χ1n) is 11.7. The van der Waals surface area contributed by atoms with Crippen LogP contribution in [0.4, 0.5) is 0 Å². The van der Waals surface area contributed by atoms with Gasteiger partial charge in [-0.1, -0.05) is 121 Å². The molecule has 0 saturated carbocycles. The summed E-state index contributed by atoms with van der Waals surface area (Å²) < 4.78 is 30.9. The minimum Gasteiger partial charge on any atom is -0.309 e. The zero-order valence-electron chi connectivity index (χ0n) is 19.8. The van der Waals surface area contributed by atoms with E-state index < -0.39 is 14.3 Å². The maximum atomic E-state index is 15.0. The van der Waals surface area contributed by atoms with Crippen LogP contribution in [0.3, 0.4) is 0 Å². The van der Waals surface area contributed by atoms with Gasteiger partial charge in [0.15, 0.2) is 14.3 Å². The summed E-state index contributed by atoms with van der Waals surface area (Å²) in [5, 5.41) is 4.70. The lowest BCUT2D eigenvalue weighted by Gasteiger charge is -2.26. The summed E-state index contributed by atoms with van der Waals surface area (Å²) in [5.41, 5.74) is 0.869. The van der Waals surface area contributed by atoms with E-state index in [-0.39, 0.29) is 0 Å². The lowest BCUT2D eigenvalue weighted by Crippen LogP contribution is -2.32. The van der Waals surface area contributed by atoms with Crippen LogP contribution in [-0.2, 0) is 9.13 Å². The van der Waals surface area contributed by atoms with Gasteiger partial charge < -0.3 is 9.13 Å². The number of hydrogen-bond donors (Lipinski definition) is 0. The molecule has 5 aromatic rings. The van der Waals surface area contributed by atoms with Crippen LogP contribution in [0, 0.1) is 10.5 Å². The minimum absolute atomic E-state index is 0.773. The second-order valence-electron chi connectivity index (χ2n) is 8.65. The quantitative estimate of drug-likeness (QED) is 0.176. The standard InChI is InChI=1S/C31H25IO2P2/c1-24-22-31(36(34,27-18-10-4-11-19-27)28-20-12-5-13-21-28)29(32)23-30(24)35(33,25-14-6-2-7-15-25)26-16-8-3-9-17-26/h2-23H,1H3. The number of halogens is 1. The molecule has 0 aliphatic heterocycles. The van der Waals surface area contributed by atoms with Crippen LogP contribution in [-0.4, -0.2) is 0 Å². The van der Waals surface area contributed by atoms with Gasteiger partial charge in [-0.15, -0.1) is 0 Å². The van der Waals surface area contributed by atoms with Gasteiger partial charge in [0, 0.05) is 35.4 Å². The maximum Gasteiger partial charge on any atom is 0.172 e. The van der Waals surface area contributed by atoms with Gasteiger partial charge in [0.1, 0.15) is 0 Å². The highest BCUT2D eigenvalue weighted by Crippen LogP contribution is 2.47. The normalized spacial score (nSPS) is 11.8. The van der Waals surface area contributed by atoms with Crippen LogP contribution in [0.15, 0.2) is 133 Å². The molecular formula is C31H25IO2P2. The van der Waals surface area contributed by atoms with E-state index in [0.717, 1.165) is 41.0 Å². The van der Waals surface area contributed by atoms with E-state index in [0.29, 0.717) is 0 Å². The topological polar surface area (TPSA) is 34.1 Å². The van der Waals surface area contributed by atoms with Gasteiger partial charge in [-0.25, -0.2) is 0 Å². The molecule has 0 heterocycles. The van der Waals surface area contributed by atoms with Crippen molar-refractivity contribution in [2.75, 3.05) is 0 Å². The Morgan fingerprint density at radius 3 is 1.11 bits per heavy atom. The molecule has 36 heavy (non-hydrogen) atoms. The summed E-state index contributed by atoms with van der Waals surface area (Å²) in [7, 11) is -6.31. The highest BCUT2D eigenvalue weighted by Gasteiger charge is 2.36. The van der Waals surface area contributed by atoms with Crippen molar-refractivity contribution in [2.24, 2.45) is 0 Å². The fraction of sp³-hybridized carbons (Fsp3) is 0.0323. The molecule has 178 valence electrons.